The lowest BCUT2D eigenvalue weighted by Crippen LogP contribution is -2.49. The van der Waals surface area contributed by atoms with Crippen LogP contribution in [0.3, 0.4) is 0 Å². The van der Waals surface area contributed by atoms with Crippen molar-refractivity contribution < 1.29 is 14.3 Å². The van der Waals surface area contributed by atoms with Crippen LogP contribution in [0.25, 0.3) is 0 Å². The van der Waals surface area contributed by atoms with Gasteiger partial charge in [0.15, 0.2) is 0 Å². The van der Waals surface area contributed by atoms with Gasteiger partial charge in [-0.25, -0.2) is 0 Å². The summed E-state index contributed by atoms with van der Waals surface area (Å²) < 4.78 is 11.0. The molecule has 3 aromatic carbocycles. The van der Waals surface area contributed by atoms with Crippen LogP contribution in [0, 0.1) is 0 Å². The molecule has 1 amide bonds. The molecule has 0 saturated carbocycles. The number of nitrogens with one attached hydrogen (secondary N) is 1. The van der Waals surface area contributed by atoms with Gasteiger partial charge < -0.3 is 19.7 Å². The van der Waals surface area contributed by atoms with Crippen LogP contribution in [0.2, 0.25) is 0 Å². The third-order valence-corrected chi connectivity index (χ3v) is 5.82. The Kier molecular flexibility index (Phi) is 7.95. The van der Waals surface area contributed by atoms with Crippen molar-refractivity contribution >= 4 is 11.6 Å². The van der Waals surface area contributed by atoms with Crippen LogP contribution in [0.1, 0.15) is 5.56 Å². The van der Waals surface area contributed by atoms with E-state index in [1.165, 1.54) is 5.56 Å². The first-order valence-electron chi connectivity index (χ1n) is 11.4. The normalized spacial score (nSPS) is 14.6. The molecule has 1 N–H and O–H groups in total. The SMILES string of the molecule is COc1ccc(CCN2CCN(CC(=O)Nc3ccc(Oc4ccccc4)cc3)CC2)cc1. The molecule has 0 aliphatic carbocycles. The van der Waals surface area contributed by atoms with Gasteiger partial charge in [0, 0.05) is 38.4 Å². The van der Waals surface area contributed by atoms with Crippen molar-refractivity contribution in [2.24, 2.45) is 0 Å². The highest BCUT2D eigenvalue weighted by molar-refractivity contribution is 5.92. The number of carbonyl (C=O) groups is 1. The molecule has 0 spiro atoms. The van der Waals surface area contributed by atoms with Gasteiger partial charge in [0.1, 0.15) is 17.2 Å². The number of carbonyl (C=O) groups excluding carboxylic acids is 1. The Morgan fingerprint density at radius 3 is 2.06 bits per heavy atom. The molecule has 3 aromatic rings. The van der Waals surface area contributed by atoms with E-state index in [9.17, 15) is 4.79 Å². The predicted octanol–water partition coefficient (Wildman–Crippen LogP) is 4.29. The average molecular weight is 446 g/mol. The maximum absolute atomic E-state index is 12.5. The van der Waals surface area contributed by atoms with E-state index >= 15 is 0 Å². The molecule has 1 heterocycles. The fourth-order valence-electron chi connectivity index (χ4n) is 3.88. The Morgan fingerprint density at radius 2 is 1.39 bits per heavy atom. The van der Waals surface area contributed by atoms with Gasteiger partial charge in [-0.2, -0.15) is 0 Å². The molecule has 0 aromatic heterocycles. The number of para-hydroxylation sites is 1. The molecule has 1 fully saturated rings. The van der Waals surface area contributed by atoms with Crippen LogP contribution < -0.4 is 14.8 Å². The summed E-state index contributed by atoms with van der Waals surface area (Å²) in [5.41, 5.74) is 2.09. The molecule has 33 heavy (non-hydrogen) atoms. The van der Waals surface area contributed by atoms with E-state index in [4.69, 9.17) is 9.47 Å². The van der Waals surface area contributed by atoms with Gasteiger partial charge in [-0.15, -0.1) is 0 Å². The summed E-state index contributed by atoms with van der Waals surface area (Å²) in [7, 11) is 1.69. The molecule has 0 atom stereocenters. The summed E-state index contributed by atoms with van der Waals surface area (Å²) in [5.74, 6) is 2.43. The molecular weight excluding hydrogens is 414 g/mol. The van der Waals surface area contributed by atoms with Crippen LogP contribution in [-0.4, -0.2) is 62.1 Å². The van der Waals surface area contributed by atoms with Crippen molar-refractivity contribution in [2.75, 3.05) is 51.7 Å². The van der Waals surface area contributed by atoms with Crippen molar-refractivity contribution in [3.8, 4) is 17.2 Å². The lowest BCUT2D eigenvalue weighted by Gasteiger charge is -2.34. The summed E-state index contributed by atoms with van der Waals surface area (Å²) in [5, 5.41) is 2.99. The average Bonchev–Trinajstić information content (AvgIpc) is 2.86. The van der Waals surface area contributed by atoms with E-state index in [1.807, 2.05) is 66.7 Å². The second-order valence-electron chi connectivity index (χ2n) is 8.20. The van der Waals surface area contributed by atoms with Gasteiger partial charge in [-0.1, -0.05) is 30.3 Å². The topological polar surface area (TPSA) is 54.0 Å². The van der Waals surface area contributed by atoms with Gasteiger partial charge in [0.2, 0.25) is 5.91 Å². The molecular formula is C27H31N3O3. The minimum absolute atomic E-state index is 0.0124. The first-order chi connectivity index (χ1) is 16.2. The second kappa shape index (κ2) is 11.5. The smallest absolute Gasteiger partial charge is 0.238 e. The Balaban J connectivity index is 1.16. The number of anilines is 1. The lowest BCUT2D eigenvalue weighted by atomic mass is 10.1. The number of amides is 1. The number of benzene rings is 3. The van der Waals surface area contributed by atoms with Crippen molar-refractivity contribution in [3.63, 3.8) is 0 Å². The third-order valence-electron chi connectivity index (χ3n) is 5.82. The highest BCUT2D eigenvalue weighted by atomic mass is 16.5. The Bertz CT molecular complexity index is 999. The fourth-order valence-corrected chi connectivity index (χ4v) is 3.88. The van der Waals surface area contributed by atoms with Gasteiger partial charge in [-0.3, -0.25) is 9.69 Å². The summed E-state index contributed by atoms with van der Waals surface area (Å²) in [6.07, 6.45) is 1.02. The lowest BCUT2D eigenvalue weighted by molar-refractivity contribution is -0.117. The third kappa shape index (κ3) is 7.07. The summed E-state index contributed by atoms with van der Waals surface area (Å²) >= 11 is 0. The number of piperazine rings is 1. The molecule has 6 nitrogen and oxygen atoms in total. The van der Waals surface area contributed by atoms with Crippen molar-refractivity contribution in [2.45, 2.75) is 6.42 Å². The zero-order valence-corrected chi connectivity index (χ0v) is 19.1. The highest BCUT2D eigenvalue weighted by Gasteiger charge is 2.18. The molecule has 6 heteroatoms. The molecule has 1 saturated heterocycles. The number of methoxy groups -OCH3 is 1. The van der Waals surface area contributed by atoms with Crippen LogP contribution in [0.5, 0.6) is 17.2 Å². The Morgan fingerprint density at radius 1 is 0.788 bits per heavy atom. The molecule has 0 radical (unpaired) electrons. The maximum Gasteiger partial charge on any atom is 0.238 e. The van der Waals surface area contributed by atoms with E-state index in [2.05, 4.69) is 27.2 Å². The zero-order chi connectivity index (χ0) is 22.9. The van der Waals surface area contributed by atoms with E-state index in [0.717, 1.165) is 62.1 Å². The maximum atomic E-state index is 12.5. The van der Waals surface area contributed by atoms with E-state index in [-0.39, 0.29) is 5.91 Å². The minimum Gasteiger partial charge on any atom is -0.497 e. The first kappa shape index (κ1) is 22.8. The summed E-state index contributed by atoms with van der Waals surface area (Å²) in [6, 6.07) is 25.4. The second-order valence-corrected chi connectivity index (χ2v) is 8.20. The molecule has 1 aliphatic heterocycles. The number of hydrogen-bond acceptors (Lipinski definition) is 5. The van der Waals surface area contributed by atoms with E-state index in [0.29, 0.717) is 6.54 Å². The van der Waals surface area contributed by atoms with Gasteiger partial charge >= 0.3 is 0 Å². The van der Waals surface area contributed by atoms with Crippen LogP contribution in [0.15, 0.2) is 78.9 Å². The highest BCUT2D eigenvalue weighted by Crippen LogP contribution is 2.22. The number of rotatable bonds is 9. The summed E-state index contributed by atoms with van der Waals surface area (Å²) in [4.78, 5) is 17.2. The van der Waals surface area contributed by atoms with Crippen molar-refractivity contribution in [3.05, 3.63) is 84.4 Å². The van der Waals surface area contributed by atoms with Crippen LogP contribution in [-0.2, 0) is 11.2 Å². The molecule has 0 bridgehead atoms. The Labute approximate surface area is 195 Å². The summed E-state index contributed by atoms with van der Waals surface area (Å²) in [6.45, 7) is 5.21. The molecule has 4 rings (SSSR count). The Hall–Kier alpha value is -3.35. The van der Waals surface area contributed by atoms with Crippen LogP contribution in [0.4, 0.5) is 5.69 Å². The van der Waals surface area contributed by atoms with E-state index < -0.39 is 0 Å². The number of ether oxygens (including phenoxy) is 2. The predicted molar refractivity (Wildman–Crippen MR) is 131 cm³/mol. The van der Waals surface area contributed by atoms with Crippen molar-refractivity contribution in [1.29, 1.82) is 0 Å². The van der Waals surface area contributed by atoms with Gasteiger partial charge in [0.05, 0.1) is 13.7 Å². The zero-order valence-electron chi connectivity index (χ0n) is 19.1. The van der Waals surface area contributed by atoms with Crippen LogP contribution >= 0.6 is 0 Å². The number of hydrogen-bond donors (Lipinski definition) is 1. The van der Waals surface area contributed by atoms with Gasteiger partial charge in [0.25, 0.3) is 0 Å². The first-order valence-corrected chi connectivity index (χ1v) is 11.4. The quantitative estimate of drug-likeness (QED) is 0.533. The van der Waals surface area contributed by atoms with E-state index in [1.54, 1.807) is 7.11 Å². The van der Waals surface area contributed by atoms with Gasteiger partial charge in [-0.05, 0) is 60.5 Å². The molecule has 172 valence electrons. The minimum atomic E-state index is 0.0124. The standard InChI is InChI=1S/C27H31N3O3/c1-32-24-11-7-22(8-12-24)15-16-29-17-19-30(20-18-29)21-27(31)28-23-9-13-26(14-10-23)33-25-5-3-2-4-6-25/h2-14H,15-21H2,1H3,(H,28,31). The number of nitrogens with zero attached hydrogens (tertiary/aromatic N) is 2. The van der Waals surface area contributed by atoms with Crippen molar-refractivity contribution in [1.82, 2.24) is 9.80 Å². The monoisotopic (exact) mass is 445 g/mol. The molecule has 0 unspecified atom stereocenters. The molecule has 1 aliphatic rings. The fraction of sp³-hybridized carbons (Fsp3) is 0.296. The largest absolute Gasteiger partial charge is 0.497 e.